The van der Waals surface area contributed by atoms with Gasteiger partial charge in [-0.25, -0.2) is 4.99 Å². The van der Waals surface area contributed by atoms with Gasteiger partial charge in [0.15, 0.2) is 5.84 Å². The molecule has 0 saturated heterocycles. The van der Waals surface area contributed by atoms with E-state index in [1.54, 1.807) is 11.8 Å². The number of benzene rings is 3. The third kappa shape index (κ3) is 3.15. The highest BCUT2D eigenvalue weighted by Crippen LogP contribution is 2.49. The summed E-state index contributed by atoms with van der Waals surface area (Å²) >= 11 is 5.18. The van der Waals surface area contributed by atoms with Crippen LogP contribution in [0, 0.1) is 6.92 Å². The summed E-state index contributed by atoms with van der Waals surface area (Å²) in [7, 11) is 0. The Hall–Kier alpha value is -2.57. The number of fused-ring (bicyclic) bond motifs is 3. The zero-order valence-electron chi connectivity index (χ0n) is 16.7. The molecule has 0 amide bonds. The minimum atomic E-state index is -0.787. The van der Waals surface area contributed by atoms with Crippen molar-refractivity contribution in [1.82, 2.24) is 0 Å². The summed E-state index contributed by atoms with van der Waals surface area (Å²) in [5.41, 5.74) is 4.39. The second kappa shape index (κ2) is 7.60. The fourth-order valence-corrected chi connectivity index (χ4v) is 4.71. The molecular weight excluding hydrogens is 458 g/mol. The molecule has 4 nitrogen and oxygen atoms in total. The van der Waals surface area contributed by atoms with Gasteiger partial charge in [0.05, 0.1) is 22.8 Å². The summed E-state index contributed by atoms with van der Waals surface area (Å²) in [4.78, 5) is 13.5. The van der Waals surface area contributed by atoms with Crippen LogP contribution in [0.4, 0.5) is 11.4 Å². The average molecular weight is 478 g/mol. The molecule has 3 aromatic carbocycles. The first-order chi connectivity index (χ1) is 14.6. The van der Waals surface area contributed by atoms with Crippen LogP contribution in [-0.2, 0) is 10.6 Å². The van der Waals surface area contributed by atoms with Gasteiger partial charge in [-0.2, -0.15) is 0 Å². The van der Waals surface area contributed by atoms with Crippen LogP contribution >= 0.6 is 27.7 Å². The lowest BCUT2D eigenvalue weighted by Crippen LogP contribution is -2.47. The maximum absolute atomic E-state index is 6.34. The number of nitrogens with zero attached hydrogens (tertiary/aromatic N) is 3. The molecule has 6 heteroatoms. The molecule has 2 heterocycles. The van der Waals surface area contributed by atoms with Gasteiger partial charge in [-0.1, -0.05) is 75.2 Å². The number of oxime groups is 1. The first-order valence-corrected chi connectivity index (χ1v) is 11.7. The van der Waals surface area contributed by atoms with Gasteiger partial charge in [0.1, 0.15) is 0 Å². The second-order valence-electron chi connectivity index (χ2n) is 7.37. The predicted molar refractivity (Wildman–Crippen MR) is 129 cm³/mol. The van der Waals surface area contributed by atoms with Crippen molar-refractivity contribution in [2.45, 2.75) is 19.1 Å². The Bertz CT molecular complexity index is 1160. The first kappa shape index (κ1) is 19.4. The molecule has 150 valence electrons. The smallest absolute Gasteiger partial charge is 0.247 e. The van der Waals surface area contributed by atoms with Crippen LogP contribution in [0.3, 0.4) is 0 Å². The number of hydrogen-bond donors (Lipinski definition) is 0. The zero-order valence-corrected chi connectivity index (χ0v) is 19.1. The topological polar surface area (TPSA) is 37.2 Å². The molecule has 5 rings (SSSR count). The van der Waals surface area contributed by atoms with Gasteiger partial charge >= 0.3 is 0 Å². The van der Waals surface area contributed by atoms with Crippen molar-refractivity contribution in [3.8, 4) is 0 Å². The molecule has 3 aromatic rings. The van der Waals surface area contributed by atoms with Gasteiger partial charge in [0, 0.05) is 15.6 Å². The van der Waals surface area contributed by atoms with Gasteiger partial charge < -0.3 is 4.84 Å². The molecule has 1 atom stereocenters. The van der Waals surface area contributed by atoms with Crippen molar-refractivity contribution in [3.05, 3.63) is 94.0 Å². The SMILES string of the molecule is CSC1=Nc2ccccc2N2C(c3ccc(Br)cc3)=NOC2(c2ccc(C)cc2)C1. The van der Waals surface area contributed by atoms with E-state index in [-0.39, 0.29) is 0 Å². The highest BCUT2D eigenvalue weighted by atomic mass is 79.9. The van der Waals surface area contributed by atoms with E-state index in [2.05, 4.69) is 81.6 Å². The third-order valence-corrected chi connectivity index (χ3v) is 6.69. The molecule has 30 heavy (non-hydrogen) atoms. The number of rotatable bonds is 2. The number of amidine groups is 1. The first-order valence-electron chi connectivity index (χ1n) is 9.71. The number of hydrogen-bond acceptors (Lipinski definition) is 5. The van der Waals surface area contributed by atoms with Crippen LogP contribution in [0.5, 0.6) is 0 Å². The highest BCUT2D eigenvalue weighted by molar-refractivity contribution is 9.10. The average Bonchev–Trinajstić information content (AvgIpc) is 3.07. The van der Waals surface area contributed by atoms with Crippen molar-refractivity contribution in [3.63, 3.8) is 0 Å². The Morgan fingerprint density at radius 1 is 1.00 bits per heavy atom. The number of thioether (sulfide) groups is 1. The lowest BCUT2D eigenvalue weighted by atomic mass is 9.95. The Labute approximate surface area is 188 Å². The summed E-state index contributed by atoms with van der Waals surface area (Å²) in [6, 6.07) is 24.9. The molecular formula is C24H20BrN3OS. The molecule has 0 aromatic heterocycles. The van der Waals surface area contributed by atoms with Crippen molar-refractivity contribution in [1.29, 1.82) is 0 Å². The van der Waals surface area contributed by atoms with Crippen LogP contribution in [-0.4, -0.2) is 17.1 Å². The largest absolute Gasteiger partial charge is 0.359 e. The summed E-state index contributed by atoms with van der Waals surface area (Å²) < 4.78 is 1.03. The molecule has 1 unspecified atom stereocenters. The van der Waals surface area contributed by atoms with Gasteiger partial charge in [-0.3, -0.25) is 4.90 Å². The van der Waals surface area contributed by atoms with E-state index in [0.29, 0.717) is 6.42 Å². The molecule has 0 fully saturated rings. The number of aliphatic imine (C=N–C) groups is 1. The maximum atomic E-state index is 6.34. The quantitative estimate of drug-likeness (QED) is 0.416. The van der Waals surface area contributed by atoms with E-state index in [1.807, 2.05) is 30.3 Å². The van der Waals surface area contributed by atoms with E-state index >= 15 is 0 Å². The molecule has 0 radical (unpaired) electrons. The van der Waals surface area contributed by atoms with Gasteiger partial charge in [-0.15, -0.1) is 11.8 Å². The monoisotopic (exact) mass is 477 g/mol. The van der Waals surface area contributed by atoms with E-state index in [9.17, 15) is 0 Å². The Morgan fingerprint density at radius 2 is 1.73 bits per heavy atom. The van der Waals surface area contributed by atoms with Crippen LogP contribution in [0.15, 0.2) is 87.4 Å². The van der Waals surface area contributed by atoms with E-state index in [4.69, 9.17) is 9.83 Å². The third-order valence-electron chi connectivity index (χ3n) is 5.46. The fraction of sp³-hybridized carbons (Fsp3) is 0.167. The fourth-order valence-electron chi connectivity index (χ4n) is 3.91. The molecule has 0 spiro atoms. The van der Waals surface area contributed by atoms with Gasteiger partial charge in [0.25, 0.3) is 0 Å². The lowest BCUT2D eigenvalue weighted by molar-refractivity contribution is -0.0148. The summed E-state index contributed by atoms with van der Waals surface area (Å²) in [5, 5.41) is 5.64. The molecule has 2 aliphatic rings. The Balaban J connectivity index is 1.75. The second-order valence-corrected chi connectivity index (χ2v) is 9.17. The number of aryl methyl sites for hydroxylation is 1. The highest BCUT2D eigenvalue weighted by Gasteiger charge is 2.51. The van der Waals surface area contributed by atoms with Crippen LogP contribution in [0.2, 0.25) is 0 Å². The summed E-state index contributed by atoms with van der Waals surface area (Å²) in [6.07, 6.45) is 2.67. The Kier molecular flexibility index (Phi) is 4.91. The van der Waals surface area contributed by atoms with E-state index < -0.39 is 5.72 Å². The normalized spacial score (nSPS) is 19.9. The van der Waals surface area contributed by atoms with Crippen LogP contribution in [0.25, 0.3) is 0 Å². The zero-order chi connectivity index (χ0) is 20.7. The summed E-state index contributed by atoms with van der Waals surface area (Å²) in [6.45, 7) is 2.09. The van der Waals surface area contributed by atoms with Crippen molar-refractivity contribution < 1.29 is 4.84 Å². The van der Waals surface area contributed by atoms with Crippen LogP contribution < -0.4 is 4.90 Å². The Morgan fingerprint density at radius 3 is 2.47 bits per heavy atom. The van der Waals surface area contributed by atoms with E-state index in [0.717, 1.165) is 37.9 Å². The molecule has 2 aliphatic heterocycles. The molecule has 0 N–H and O–H groups in total. The van der Waals surface area contributed by atoms with Crippen molar-refractivity contribution in [2.75, 3.05) is 11.2 Å². The number of halogens is 1. The molecule has 0 saturated carbocycles. The van der Waals surface area contributed by atoms with E-state index in [1.165, 1.54) is 5.56 Å². The molecule has 0 aliphatic carbocycles. The summed E-state index contributed by atoms with van der Waals surface area (Å²) in [5.74, 6) is 0.785. The van der Waals surface area contributed by atoms with Crippen molar-refractivity contribution >= 4 is 49.9 Å². The van der Waals surface area contributed by atoms with Crippen molar-refractivity contribution in [2.24, 2.45) is 10.1 Å². The minimum Gasteiger partial charge on any atom is -0.359 e. The van der Waals surface area contributed by atoms with Crippen LogP contribution in [0.1, 0.15) is 23.1 Å². The van der Waals surface area contributed by atoms with Gasteiger partial charge in [-0.05, 0) is 37.4 Å². The number of para-hydroxylation sites is 2. The number of anilines is 1. The molecule has 0 bridgehead atoms. The predicted octanol–water partition coefficient (Wildman–Crippen LogP) is 6.61. The van der Waals surface area contributed by atoms with Gasteiger partial charge in [0.2, 0.25) is 5.72 Å². The lowest BCUT2D eigenvalue weighted by Gasteiger charge is -2.37. The standard InChI is InChI=1S/C24H20BrN3OS/c1-16-7-11-18(12-8-16)24-15-22(30-2)26-20-5-3-4-6-21(20)28(24)23(27-29-24)17-9-13-19(25)14-10-17/h3-14H,15H2,1-2H3. The maximum Gasteiger partial charge on any atom is 0.247 e. The minimum absolute atomic E-state index is 0.607.